The molecule has 1 aromatic heterocycles. The minimum atomic E-state index is -0.361. The summed E-state index contributed by atoms with van der Waals surface area (Å²) in [6, 6.07) is 10.8. The zero-order chi connectivity index (χ0) is 12.1. The van der Waals surface area contributed by atoms with Crippen LogP contribution in [0.2, 0.25) is 0 Å². The van der Waals surface area contributed by atoms with Crippen LogP contribution in [0.5, 0.6) is 5.75 Å². The Morgan fingerprint density at radius 2 is 2.00 bits per heavy atom. The zero-order valence-corrected chi connectivity index (χ0v) is 9.59. The van der Waals surface area contributed by atoms with E-state index in [1.807, 2.05) is 12.1 Å². The van der Waals surface area contributed by atoms with E-state index in [0.29, 0.717) is 11.3 Å². The molecular weight excluding hydrogens is 214 g/mol. The molecule has 0 bridgehead atoms. The molecule has 0 N–H and O–H groups in total. The Balaban J connectivity index is 2.09. The van der Waals surface area contributed by atoms with Crippen LogP contribution < -0.4 is 4.74 Å². The molecule has 0 fully saturated rings. The highest BCUT2D eigenvalue weighted by atomic mass is 16.5. The normalized spacial score (nSPS) is 9.94. The van der Waals surface area contributed by atoms with Crippen molar-refractivity contribution in [2.45, 2.75) is 13.3 Å². The van der Waals surface area contributed by atoms with Crippen molar-refractivity contribution in [3.63, 3.8) is 0 Å². The van der Waals surface area contributed by atoms with Crippen molar-refractivity contribution < 1.29 is 9.53 Å². The second-order valence-corrected chi connectivity index (χ2v) is 3.63. The second-order valence-electron chi connectivity index (χ2n) is 3.63. The van der Waals surface area contributed by atoms with Gasteiger partial charge in [-0.05, 0) is 36.2 Å². The van der Waals surface area contributed by atoms with Gasteiger partial charge >= 0.3 is 5.97 Å². The summed E-state index contributed by atoms with van der Waals surface area (Å²) in [6.45, 7) is 2.07. The lowest BCUT2D eigenvalue weighted by Crippen LogP contribution is -2.08. The lowest BCUT2D eigenvalue weighted by Gasteiger charge is -2.04. The van der Waals surface area contributed by atoms with Gasteiger partial charge in [-0.1, -0.05) is 19.1 Å². The maximum atomic E-state index is 11.8. The van der Waals surface area contributed by atoms with E-state index < -0.39 is 0 Å². The molecule has 2 rings (SSSR count). The number of aryl methyl sites for hydroxylation is 1. The van der Waals surface area contributed by atoms with E-state index in [4.69, 9.17) is 4.74 Å². The number of hydrogen-bond acceptors (Lipinski definition) is 3. The maximum absolute atomic E-state index is 11.8. The fourth-order valence-corrected chi connectivity index (χ4v) is 1.45. The molecule has 2 aromatic rings. The number of hydrogen-bond donors (Lipinski definition) is 0. The monoisotopic (exact) mass is 227 g/mol. The predicted molar refractivity (Wildman–Crippen MR) is 65.0 cm³/mol. The third-order valence-electron chi connectivity index (χ3n) is 2.44. The first-order valence-corrected chi connectivity index (χ1v) is 5.50. The summed E-state index contributed by atoms with van der Waals surface area (Å²) in [5, 5.41) is 0. The first-order chi connectivity index (χ1) is 8.29. The van der Waals surface area contributed by atoms with Gasteiger partial charge in [0.2, 0.25) is 0 Å². The number of carbonyl (C=O) groups is 1. The average molecular weight is 227 g/mol. The highest BCUT2D eigenvalue weighted by Gasteiger charge is 2.07. The van der Waals surface area contributed by atoms with Crippen molar-refractivity contribution in [2.24, 2.45) is 0 Å². The Morgan fingerprint density at radius 3 is 2.59 bits per heavy atom. The molecule has 0 saturated carbocycles. The number of carbonyl (C=O) groups excluding carboxylic acids is 1. The third-order valence-corrected chi connectivity index (χ3v) is 2.44. The van der Waals surface area contributed by atoms with Gasteiger partial charge in [0.1, 0.15) is 5.75 Å². The van der Waals surface area contributed by atoms with Gasteiger partial charge in [-0.2, -0.15) is 0 Å². The smallest absolute Gasteiger partial charge is 0.343 e. The molecule has 3 nitrogen and oxygen atoms in total. The van der Waals surface area contributed by atoms with E-state index in [1.54, 1.807) is 30.5 Å². The Bertz CT molecular complexity index is 491. The fraction of sp³-hybridized carbons (Fsp3) is 0.143. The van der Waals surface area contributed by atoms with Crippen LogP contribution in [-0.4, -0.2) is 11.0 Å². The van der Waals surface area contributed by atoms with Crippen LogP contribution in [-0.2, 0) is 6.42 Å². The largest absolute Gasteiger partial charge is 0.421 e. The average Bonchev–Trinajstić information content (AvgIpc) is 2.40. The van der Waals surface area contributed by atoms with Crippen LogP contribution in [0.1, 0.15) is 22.8 Å². The first-order valence-electron chi connectivity index (χ1n) is 5.50. The van der Waals surface area contributed by atoms with Crippen molar-refractivity contribution in [3.8, 4) is 5.75 Å². The van der Waals surface area contributed by atoms with Gasteiger partial charge < -0.3 is 4.74 Å². The molecule has 0 aliphatic carbocycles. The number of aromatic nitrogens is 1. The van der Waals surface area contributed by atoms with Gasteiger partial charge in [0, 0.05) is 6.20 Å². The predicted octanol–water partition coefficient (Wildman–Crippen LogP) is 2.86. The van der Waals surface area contributed by atoms with Crippen LogP contribution in [0.25, 0.3) is 0 Å². The van der Waals surface area contributed by atoms with E-state index >= 15 is 0 Å². The molecule has 0 radical (unpaired) electrons. The van der Waals surface area contributed by atoms with Crippen molar-refractivity contribution in [1.82, 2.24) is 4.98 Å². The molecule has 1 aromatic carbocycles. The Hall–Kier alpha value is -2.16. The van der Waals surface area contributed by atoms with E-state index in [-0.39, 0.29) is 5.97 Å². The molecule has 3 heteroatoms. The van der Waals surface area contributed by atoms with Crippen LogP contribution in [0.4, 0.5) is 0 Å². The van der Waals surface area contributed by atoms with Gasteiger partial charge in [0.15, 0.2) is 0 Å². The van der Waals surface area contributed by atoms with Crippen molar-refractivity contribution in [3.05, 3.63) is 59.9 Å². The summed E-state index contributed by atoms with van der Waals surface area (Å²) >= 11 is 0. The van der Waals surface area contributed by atoms with E-state index in [1.165, 1.54) is 11.8 Å². The molecule has 0 unspecified atom stereocenters. The Labute approximate surface area is 100 Å². The standard InChI is InChI=1S/C14H13NO2/c1-2-11-5-7-12(8-6-11)14(16)17-13-4-3-9-15-10-13/h3-10H,2H2,1H3. The van der Waals surface area contributed by atoms with Gasteiger partial charge in [-0.3, -0.25) is 4.98 Å². The van der Waals surface area contributed by atoms with Crippen LogP contribution in [0.3, 0.4) is 0 Å². The zero-order valence-electron chi connectivity index (χ0n) is 9.59. The Morgan fingerprint density at radius 1 is 1.24 bits per heavy atom. The van der Waals surface area contributed by atoms with E-state index in [9.17, 15) is 4.79 Å². The van der Waals surface area contributed by atoms with E-state index in [0.717, 1.165) is 6.42 Å². The molecule has 0 spiro atoms. The second kappa shape index (κ2) is 5.25. The number of ether oxygens (including phenoxy) is 1. The van der Waals surface area contributed by atoms with Crippen molar-refractivity contribution in [2.75, 3.05) is 0 Å². The van der Waals surface area contributed by atoms with Crippen molar-refractivity contribution >= 4 is 5.97 Å². The summed E-state index contributed by atoms with van der Waals surface area (Å²) in [6.07, 6.45) is 4.10. The molecule has 0 saturated heterocycles. The van der Waals surface area contributed by atoms with Gasteiger partial charge in [0.05, 0.1) is 11.8 Å². The Kier molecular flexibility index (Phi) is 3.50. The first kappa shape index (κ1) is 11.3. The molecule has 0 atom stereocenters. The molecule has 86 valence electrons. The number of esters is 1. The third kappa shape index (κ3) is 2.91. The minimum absolute atomic E-state index is 0.361. The van der Waals surface area contributed by atoms with Crippen LogP contribution >= 0.6 is 0 Å². The fourth-order valence-electron chi connectivity index (χ4n) is 1.45. The summed E-state index contributed by atoms with van der Waals surface area (Å²) in [5.41, 5.74) is 1.74. The maximum Gasteiger partial charge on any atom is 0.343 e. The van der Waals surface area contributed by atoms with Gasteiger partial charge in [-0.25, -0.2) is 4.79 Å². The molecule has 0 aliphatic heterocycles. The van der Waals surface area contributed by atoms with Crippen LogP contribution in [0, 0.1) is 0 Å². The topological polar surface area (TPSA) is 39.2 Å². The molecule has 0 amide bonds. The number of benzene rings is 1. The SMILES string of the molecule is CCc1ccc(C(=O)Oc2cccnc2)cc1. The lowest BCUT2D eigenvalue weighted by molar-refractivity contribution is 0.0734. The summed E-state index contributed by atoms with van der Waals surface area (Å²) in [5.74, 6) is 0.0951. The molecule has 17 heavy (non-hydrogen) atoms. The van der Waals surface area contributed by atoms with Gasteiger partial charge in [0.25, 0.3) is 0 Å². The summed E-state index contributed by atoms with van der Waals surface area (Å²) in [4.78, 5) is 15.6. The van der Waals surface area contributed by atoms with Crippen molar-refractivity contribution in [1.29, 1.82) is 0 Å². The highest BCUT2D eigenvalue weighted by Crippen LogP contribution is 2.11. The number of nitrogens with zero attached hydrogens (tertiary/aromatic N) is 1. The van der Waals surface area contributed by atoms with Gasteiger partial charge in [-0.15, -0.1) is 0 Å². The minimum Gasteiger partial charge on any atom is -0.421 e. The molecule has 1 heterocycles. The summed E-state index contributed by atoms with van der Waals surface area (Å²) in [7, 11) is 0. The quantitative estimate of drug-likeness (QED) is 0.757. The van der Waals surface area contributed by atoms with Crippen LogP contribution in [0.15, 0.2) is 48.8 Å². The highest BCUT2D eigenvalue weighted by molar-refractivity contribution is 5.91. The lowest BCUT2D eigenvalue weighted by atomic mass is 10.1. The van der Waals surface area contributed by atoms with E-state index in [2.05, 4.69) is 11.9 Å². The molecule has 0 aliphatic rings. The number of rotatable bonds is 3. The molecular formula is C14H13NO2. The number of pyridine rings is 1. The summed E-state index contributed by atoms with van der Waals surface area (Å²) < 4.78 is 5.17.